The summed E-state index contributed by atoms with van der Waals surface area (Å²) in [5.74, 6) is -0.562. The third-order valence-corrected chi connectivity index (χ3v) is 6.27. The molecule has 0 bridgehead atoms. The third-order valence-electron chi connectivity index (χ3n) is 6.27. The fourth-order valence-corrected chi connectivity index (χ4v) is 4.73. The molecule has 0 atom stereocenters. The van der Waals surface area contributed by atoms with E-state index in [1.807, 2.05) is 53.7 Å². The van der Waals surface area contributed by atoms with Crippen LogP contribution in [0.4, 0.5) is 4.39 Å². The summed E-state index contributed by atoms with van der Waals surface area (Å²) in [7, 11) is 0. The van der Waals surface area contributed by atoms with Gasteiger partial charge in [-0.2, -0.15) is 9.78 Å². The minimum Gasteiger partial charge on any atom is -0.460 e. The van der Waals surface area contributed by atoms with Crippen molar-refractivity contribution < 1.29 is 18.7 Å². The molecule has 7 heteroatoms. The number of carbonyl (C=O) groups is 2. The Bertz CT molecular complexity index is 1480. The molecule has 0 aliphatic heterocycles. The molecule has 0 spiro atoms. The minimum absolute atomic E-state index is 0.100. The summed E-state index contributed by atoms with van der Waals surface area (Å²) in [6.45, 7) is 15.8. The van der Waals surface area contributed by atoms with Gasteiger partial charge in [0.2, 0.25) is 0 Å². The molecule has 2 aromatic heterocycles. The monoisotopic (exact) mass is 505 g/mol. The van der Waals surface area contributed by atoms with Crippen molar-refractivity contribution in [3.63, 3.8) is 0 Å². The fraction of sp³-hybridized carbons (Fsp3) is 0.433. The van der Waals surface area contributed by atoms with Crippen molar-refractivity contribution in [2.75, 3.05) is 0 Å². The summed E-state index contributed by atoms with van der Waals surface area (Å²) in [6, 6.07) is 10.5. The number of fused-ring (bicyclic) bond motifs is 2. The topological polar surface area (TPSA) is 66.1 Å². The van der Waals surface area contributed by atoms with E-state index in [1.54, 1.807) is 18.3 Å². The summed E-state index contributed by atoms with van der Waals surface area (Å²) in [6.07, 6.45) is 1.90. The summed E-state index contributed by atoms with van der Waals surface area (Å²) >= 11 is 0. The van der Waals surface area contributed by atoms with Crippen LogP contribution in [-0.4, -0.2) is 31.8 Å². The van der Waals surface area contributed by atoms with Gasteiger partial charge in [0.15, 0.2) is 0 Å². The zero-order valence-electron chi connectivity index (χ0n) is 23.0. The van der Waals surface area contributed by atoms with E-state index in [4.69, 9.17) is 4.74 Å². The zero-order valence-corrected chi connectivity index (χ0v) is 23.0. The molecule has 4 aromatic rings. The lowest BCUT2D eigenvalue weighted by atomic mass is 9.95. The van der Waals surface area contributed by atoms with Gasteiger partial charge in [0.25, 0.3) is 5.91 Å². The van der Waals surface area contributed by atoms with Crippen LogP contribution in [0.15, 0.2) is 42.6 Å². The van der Waals surface area contributed by atoms with E-state index in [0.717, 1.165) is 33.1 Å². The number of aromatic nitrogens is 3. The molecule has 196 valence electrons. The number of aryl methyl sites for hydroxylation is 1. The maximum atomic E-state index is 13.8. The Hall–Kier alpha value is -3.48. The molecule has 0 fully saturated rings. The first-order chi connectivity index (χ1) is 17.2. The van der Waals surface area contributed by atoms with E-state index in [0.29, 0.717) is 12.1 Å². The van der Waals surface area contributed by atoms with Crippen molar-refractivity contribution in [1.29, 1.82) is 0 Å². The van der Waals surface area contributed by atoms with Crippen LogP contribution in [0.2, 0.25) is 0 Å². The van der Waals surface area contributed by atoms with Gasteiger partial charge in [-0.1, -0.05) is 46.8 Å². The standard InChI is InChI=1S/C30H36FN3O3/c1-18(2)27-26(19-9-11-21(31)12-10-19)22-15-20-17-32-34(28(36)29(3,4)5)23(20)16-24(22)33(27)14-13-25(35)37-30(6,7)8/h9-12,15-18H,13-14H2,1-8H3. The van der Waals surface area contributed by atoms with E-state index in [1.165, 1.54) is 16.8 Å². The molecule has 2 heterocycles. The van der Waals surface area contributed by atoms with E-state index in [-0.39, 0.29) is 30.0 Å². The highest BCUT2D eigenvalue weighted by Gasteiger charge is 2.27. The lowest BCUT2D eigenvalue weighted by molar-refractivity contribution is -0.155. The predicted molar refractivity (Wildman–Crippen MR) is 145 cm³/mol. The highest BCUT2D eigenvalue weighted by atomic mass is 19.1. The number of ether oxygens (including phenoxy) is 1. The number of hydrogen-bond acceptors (Lipinski definition) is 4. The lowest BCUT2D eigenvalue weighted by Crippen LogP contribution is -2.27. The van der Waals surface area contributed by atoms with E-state index >= 15 is 0 Å². The second kappa shape index (κ2) is 9.43. The Labute approximate surface area is 217 Å². The number of carbonyl (C=O) groups excluding carboxylic acids is 2. The maximum Gasteiger partial charge on any atom is 0.308 e. The van der Waals surface area contributed by atoms with Crippen molar-refractivity contribution in [2.45, 2.75) is 79.9 Å². The second-order valence-corrected chi connectivity index (χ2v) is 11.9. The molecule has 0 amide bonds. The molecule has 37 heavy (non-hydrogen) atoms. The summed E-state index contributed by atoms with van der Waals surface area (Å²) in [4.78, 5) is 25.8. The van der Waals surface area contributed by atoms with Crippen LogP contribution < -0.4 is 0 Å². The zero-order chi connectivity index (χ0) is 27.3. The first-order valence-corrected chi connectivity index (χ1v) is 12.7. The third kappa shape index (κ3) is 5.31. The molecule has 0 unspecified atom stereocenters. The van der Waals surface area contributed by atoms with Gasteiger partial charge in [0, 0.05) is 34.0 Å². The maximum absolute atomic E-state index is 13.8. The molecule has 0 radical (unpaired) electrons. The Morgan fingerprint density at radius 3 is 2.22 bits per heavy atom. The highest BCUT2D eigenvalue weighted by molar-refractivity contribution is 6.07. The normalized spacial score (nSPS) is 12.6. The molecule has 2 aromatic carbocycles. The Balaban J connectivity index is 1.97. The number of nitrogens with zero attached hydrogens (tertiary/aromatic N) is 3. The molecular weight excluding hydrogens is 469 g/mol. The SMILES string of the molecule is CC(C)c1c(-c2ccc(F)cc2)c2cc3cnn(C(=O)C(C)(C)C)c3cc2n1CCC(=O)OC(C)(C)C. The molecule has 0 saturated heterocycles. The average Bonchev–Trinajstić information content (AvgIpc) is 3.33. The Morgan fingerprint density at radius 2 is 1.65 bits per heavy atom. The first kappa shape index (κ1) is 26.6. The largest absolute Gasteiger partial charge is 0.460 e. The molecule has 4 rings (SSSR count). The van der Waals surface area contributed by atoms with E-state index < -0.39 is 11.0 Å². The van der Waals surface area contributed by atoms with E-state index in [9.17, 15) is 14.0 Å². The second-order valence-electron chi connectivity index (χ2n) is 11.9. The Kier molecular flexibility index (Phi) is 6.78. The summed E-state index contributed by atoms with van der Waals surface area (Å²) in [5, 5.41) is 6.22. The number of rotatable bonds is 5. The van der Waals surface area contributed by atoms with Crippen LogP contribution in [-0.2, 0) is 16.1 Å². The van der Waals surface area contributed by atoms with Crippen molar-refractivity contribution >= 4 is 33.7 Å². The van der Waals surface area contributed by atoms with Gasteiger partial charge in [0.05, 0.1) is 23.7 Å². The van der Waals surface area contributed by atoms with Gasteiger partial charge in [-0.3, -0.25) is 9.59 Å². The molecule has 0 saturated carbocycles. The van der Waals surface area contributed by atoms with Crippen LogP contribution >= 0.6 is 0 Å². The number of halogens is 1. The predicted octanol–water partition coefficient (Wildman–Crippen LogP) is 7.34. The molecule has 0 N–H and O–H groups in total. The smallest absolute Gasteiger partial charge is 0.308 e. The highest BCUT2D eigenvalue weighted by Crippen LogP contribution is 2.41. The van der Waals surface area contributed by atoms with Crippen molar-refractivity contribution in [3.05, 3.63) is 54.1 Å². The van der Waals surface area contributed by atoms with Gasteiger partial charge in [-0.25, -0.2) is 4.39 Å². The Morgan fingerprint density at radius 1 is 1.00 bits per heavy atom. The van der Waals surface area contributed by atoms with Crippen LogP contribution in [0.3, 0.4) is 0 Å². The summed E-state index contributed by atoms with van der Waals surface area (Å²) in [5.41, 5.74) is 3.36. The number of hydrogen-bond donors (Lipinski definition) is 0. The number of benzene rings is 2. The van der Waals surface area contributed by atoms with Gasteiger partial charge in [-0.15, -0.1) is 0 Å². The quantitative estimate of drug-likeness (QED) is 0.266. The average molecular weight is 506 g/mol. The van der Waals surface area contributed by atoms with Crippen LogP contribution in [0.25, 0.3) is 32.9 Å². The molecule has 6 nitrogen and oxygen atoms in total. The van der Waals surface area contributed by atoms with Gasteiger partial charge < -0.3 is 9.30 Å². The van der Waals surface area contributed by atoms with Crippen LogP contribution in [0.5, 0.6) is 0 Å². The molecule has 0 aliphatic rings. The van der Waals surface area contributed by atoms with Crippen molar-refractivity contribution in [2.24, 2.45) is 5.41 Å². The molecular formula is C30H36FN3O3. The van der Waals surface area contributed by atoms with Crippen molar-refractivity contribution in [3.8, 4) is 11.1 Å². The van der Waals surface area contributed by atoms with Crippen LogP contribution in [0, 0.1) is 11.2 Å². The van der Waals surface area contributed by atoms with Gasteiger partial charge in [-0.05, 0) is 56.5 Å². The molecule has 0 aliphatic carbocycles. The first-order valence-electron chi connectivity index (χ1n) is 12.7. The fourth-order valence-electron chi connectivity index (χ4n) is 4.73. The van der Waals surface area contributed by atoms with Crippen molar-refractivity contribution in [1.82, 2.24) is 14.3 Å². The lowest BCUT2D eigenvalue weighted by Gasteiger charge is -2.20. The van der Waals surface area contributed by atoms with Gasteiger partial charge >= 0.3 is 5.97 Å². The summed E-state index contributed by atoms with van der Waals surface area (Å²) < 4.78 is 23.0. The van der Waals surface area contributed by atoms with Crippen LogP contribution in [0.1, 0.15) is 78.2 Å². The van der Waals surface area contributed by atoms with Gasteiger partial charge in [0.1, 0.15) is 11.4 Å². The number of esters is 1. The minimum atomic E-state index is -0.602. The van der Waals surface area contributed by atoms with E-state index in [2.05, 4.69) is 23.5 Å².